The summed E-state index contributed by atoms with van der Waals surface area (Å²) < 4.78 is 10.1. The molecule has 0 radical (unpaired) electrons. The van der Waals surface area contributed by atoms with E-state index in [9.17, 15) is 9.59 Å². The Bertz CT molecular complexity index is 286. The highest BCUT2D eigenvalue weighted by Crippen LogP contribution is 2.07. The van der Waals surface area contributed by atoms with Crippen molar-refractivity contribution in [2.75, 3.05) is 33.5 Å². The highest BCUT2D eigenvalue weighted by Gasteiger charge is 2.24. The second kappa shape index (κ2) is 11.5. The maximum Gasteiger partial charge on any atom is 0.326 e. The smallest absolute Gasteiger partial charge is 0.326 e. The van der Waals surface area contributed by atoms with Gasteiger partial charge in [-0.25, -0.2) is 9.59 Å². The van der Waals surface area contributed by atoms with E-state index < -0.39 is 18.0 Å². The van der Waals surface area contributed by atoms with Crippen LogP contribution in [0.2, 0.25) is 0 Å². The van der Waals surface area contributed by atoms with Crippen LogP contribution in [0.4, 0.5) is 4.79 Å². The first kappa shape index (κ1) is 18.7. The molecule has 0 aliphatic rings. The number of hydrogen-bond donors (Lipinski definition) is 3. The highest BCUT2D eigenvalue weighted by atomic mass is 16.5. The summed E-state index contributed by atoms with van der Waals surface area (Å²) in [4.78, 5) is 22.6. The minimum absolute atomic E-state index is 0.115. The molecule has 0 aliphatic carbocycles. The summed E-state index contributed by atoms with van der Waals surface area (Å²) >= 11 is 0. The molecule has 0 rings (SSSR count). The molecule has 2 atom stereocenters. The molecule has 20 heavy (non-hydrogen) atoms. The lowest BCUT2D eigenvalue weighted by atomic mass is 9.99. The Morgan fingerprint density at radius 2 is 1.95 bits per heavy atom. The molecule has 0 spiro atoms. The summed E-state index contributed by atoms with van der Waals surface area (Å²) in [5.41, 5.74) is 0. The van der Waals surface area contributed by atoms with Gasteiger partial charge < -0.3 is 25.2 Å². The summed E-state index contributed by atoms with van der Waals surface area (Å²) in [5, 5.41) is 14.1. The number of rotatable bonds is 11. The fourth-order valence-corrected chi connectivity index (χ4v) is 1.50. The first-order valence-corrected chi connectivity index (χ1v) is 6.86. The third-order valence-electron chi connectivity index (χ3n) is 2.95. The van der Waals surface area contributed by atoms with Gasteiger partial charge in [-0.1, -0.05) is 20.3 Å². The number of carboxylic acids is 1. The Morgan fingerprint density at radius 3 is 2.50 bits per heavy atom. The van der Waals surface area contributed by atoms with Gasteiger partial charge in [0.25, 0.3) is 0 Å². The van der Waals surface area contributed by atoms with E-state index in [0.29, 0.717) is 39.2 Å². The van der Waals surface area contributed by atoms with Gasteiger partial charge in [0, 0.05) is 20.3 Å². The van der Waals surface area contributed by atoms with Gasteiger partial charge in [0.15, 0.2) is 0 Å². The van der Waals surface area contributed by atoms with Crippen LogP contribution in [-0.2, 0) is 14.3 Å². The number of aliphatic carboxylic acids is 1. The summed E-state index contributed by atoms with van der Waals surface area (Å²) in [6.07, 6.45) is 1.35. The number of nitrogens with one attached hydrogen (secondary N) is 2. The lowest BCUT2D eigenvalue weighted by molar-refractivity contribution is -0.140. The fraction of sp³-hybridized carbons (Fsp3) is 0.846. The van der Waals surface area contributed by atoms with E-state index in [1.807, 2.05) is 6.92 Å². The first-order valence-electron chi connectivity index (χ1n) is 6.86. The maximum absolute atomic E-state index is 11.6. The predicted molar refractivity (Wildman–Crippen MR) is 74.7 cm³/mol. The number of ether oxygens (including phenoxy) is 2. The van der Waals surface area contributed by atoms with E-state index in [2.05, 4.69) is 10.6 Å². The third-order valence-corrected chi connectivity index (χ3v) is 2.95. The van der Waals surface area contributed by atoms with Crippen LogP contribution >= 0.6 is 0 Å². The number of amides is 2. The van der Waals surface area contributed by atoms with E-state index in [0.717, 1.165) is 0 Å². The zero-order valence-electron chi connectivity index (χ0n) is 12.5. The van der Waals surface area contributed by atoms with Crippen LogP contribution in [0.5, 0.6) is 0 Å². The molecule has 0 unspecified atom stereocenters. The van der Waals surface area contributed by atoms with Crippen molar-refractivity contribution >= 4 is 12.0 Å². The Morgan fingerprint density at radius 1 is 1.25 bits per heavy atom. The van der Waals surface area contributed by atoms with E-state index in [1.54, 1.807) is 14.0 Å². The second-order valence-corrected chi connectivity index (χ2v) is 4.56. The number of methoxy groups -OCH3 is 1. The molecular formula is C13H26N2O5. The van der Waals surface area contributed by atoms with Gasteiger partial charge in [-0.05, 0) is 12.3 Å². The number of urea groups is 1. The number of carboxylic acid groups (broad SMARTS) is 1. The molecule has 3 N–H and O–H groups in total. The lowest BCUT2D eigenvalue weighted by Gasteiger charge is -2.20. The molecule has 0 aromatic carbocycles. The molecule has 0 heterocycles. The van der Waals surface area contributed by atoms with Crippen LogP contribution in [0.15, 0.2) is 0 Å². The molecule has 0 aromatic rings. The van der Waals surface area contributed by atoms with Crippen molar-refractivity contribution in [2.24, 2.45) is 5.92 Å². The van der Waals surface area contributed by atoms with Crippen LogP contribution in [0.25, 0.3) is 0 Å². The molecule has 0 bridgehead atoms. The van der Waals surface area contributed by atoms with Gasteiger partial charge in [0.1, 0.15) is 6.04 Å². The Hall–Kier alpha value is -1.34. The monoisotopic (exact) mass is 290 g/mol. The molecule has 0 aromatic heterocycles. The van der Waals surface area contributed by atoms with Gasteiger partial charge in [-0.2, -0.15) is 0 Å². The van der Waals surface area contributed by atoms with Crippen LogP contribution in [0.3, 0.4) is 0 Å². The topological polar surface area (TPSA) is 96.9 Å². The normalized spacial score (nSPS) is 13.6. The summed E-state index contributed by atoms with van der Waals surface area (Å²) in [6.45, 7) is 5.71. The Balaban J connectivity index is 3.78. The highest BCUT2D eigenvalue weighted by molar-refractivity contribution is 5.82. The van der Waals surface area contributed by atoms with E-state index in [1.165, 1.54) is 0 Å². The van der Waals surface area contributed by atoms with Crippen LogP contribution in [0.1, 0.15) is 26.7 Å². The van der Waals surface area contributed by atoms with Crippen molar-refractivity contribution in [2.45, 2.75) is 32.7 Å². The molecule has 0 saturated carbocycles. The summed E-state index contributed by atoms with van der Waals surface area (Å²) in [6, 6.07) is -1.33. The van der Waals surface area contributed by atoms with Crippen molar-refractivity contribution in [3.63, 3.8) is 0 Å². The zero-order chi connectivity index (χ0) is 15.4. The fourth-order valence-electron chi connectivity index (χ4n) is 1.50. The Labute approximate surface area is 120 Å². The van der Waals surface area contributed by atoms with Crippen molar-refractivity contribution < 1.29 is 24.2 Å². The quantitative estimate of drug-likeness (QED) is 0.490. The average Bonchev–Trinajstić information content (AvgIpc) is 2.42. The van der Waals surface area contributed by atoms with Crippen molar-refractivity contribution in [1.29, 1.82) is 0 Å². The predicted octanol–water partition coefficient (Wildman–Crippen LogP) is 0.838. The second-order valence-electron chi connectivity index (χ2n) is 4.56. The SMILES string of the molecule is CC[C@H](C)[C@H](NC(=O)NCCCOCCOC)C(=O)O. The van der Waals surface area contributed by atoms with Crippen molar-refractivity contribution in [3.8, 4) is 0 Å². The van der Waals surface area contributed by atoms with E-state index in [4.69, 9.17) is 14.6 Å². The van der Waals surface area contributed by atoms with E-state index >= 15 is 0 Å². The van der Waals surface area contributed by atoms with Crippen molar-refractivity contribution in [1.82, 2.24) is 10.6 Å². The number of carbonyl (C=O) groups is 2. The summed E-state index contributed by atoms with van der Waals surface area (Å²) in [7, 11) is 1.60. The van der Waals surface area contributed by atoms with Gasteiger partial charge in [0.2, 0.25) is 0 Å². The Kier molecular flexibility index (Phi) is 10.7. The lowest BCUT2D eigenvalue weighted by Crippen LogP contribution is -2.49. The van der Waals surface area contributed by atoms with Gasteiger partial charge >= 0.3 is 12.0 Å². The molecule has 7 heteroatoms. The average molecular weight is 290 g/mol. The third kappa shape index (κ3) is 8.71. The number of carbonyl (C=O) groups excluding carboxylic acids is 1. The number of hydrogen-bond acceptors (Lipinski definition) is 4. The standard InChI is InChI=1S/C13H26N2O5/c1-4-10(2)11(12(16)17)15-13(18)14-6-5-7-20-9-8-19-3/h10-11H,4-9H2,1-3H3,(H,16,17)(H2,14,15,18)/t10-,11-/m0/s1. The summed E-state index contributed by atoms with van der Waals surface area (Å²) in [5.74, 6) is -1.13. The molecule has 7 nitrogen and oxygen atoms in total. The van der Waals surface area contributed by atoms with Gasteiger partial charge in [-0.15, -0.1) is 0 Å². The van der Waals surface area contributed by atoms with E-state index in [-0.39, 0.29) is 5.92 Å². The molecule has 0 fully saturated rings. The minimum atomic E-state index is -1.02. The molecule has 0 saturated heterocycles. The maximum atomic E-state index is 11.6. The van der Waals surface area contributed by atoms with Crippen LogP contribution in [0, 0.1) is 5.92 Å². The van der Waals surface area contributed by atoms with Crippen molar-refractivity contribution in [3.05, 3.63) is 0 Å². The first-order chi connectivity index (χ1) is 9.52. The molecule has 0 aliphatic heterocycles. The largest absolute Gasteiger partial charge is 0.480 e. The van der Waals surface area contributed by atoms with Crippen LogP contribution < -0.4 is 10.6 Å². The minimum Gasteiger partial charge on any atom is -0.480 e. The molecule has 118 valence electrons. The van der Waals surface area contributed by atoms with Gasteiger partial charge in [-0.3, -0.25) is 0 Å². The molecule has 2 amide bonds. The molecular weight excluding hydrogens is 264 g/mol. The van der Waals surface area contributed by atoms with Gasteiger partial charge in [0.05, 0.1) is 13.2 Å². The zero-order valence-corrected chi connectivity index (χ0v) is 12.5. The van der Waals surface area contributed by atoms with Crippen LogP contribution in [-0.4, -0.2) is 56.6 Å².